The predicted molar refractivity (Wildman–Crippen MR) is 95.1 cm³/mol. The van der Waals surface area contributed by atoms with Gasteiger partial charge in [-0.15, -0.1) is 0 Å². The molecule has 0 aliphatic heterocycles. The summed E-state index contributed by atoms with van der Waals surface area (Å²) in [7, 11) is 0. The van der Waals surface area contributed by atoms with Gasteiger partial charge in [0, 0.05) is 12.8 Å². The number of furan rings is 1. The van der Waals surface area contributed by atoms with Crippen LogP contribution in [0.3, 0.4) is 0 Å². The Labute approximate surface area is 150 Å². The lowest BCUT2D eigenvalue weighted by Crippen LogP contribution is -2.02. The summed E-state index contributed by atoms with van der Waals surface area (Å²) < 4.78 is 23.9. The molecule has 0 amide bonds. The van der Waals surface area contributed by atoms with Gasteiger partial charge in [0.1, 0.15) is 17.3 Å². The first-order valence-electron chi connectivity index (χ1n) is 8.38. The molecule has 26 heavy (non-hydrogen) atoms. The molecule has 5 heteroatoms. The summed E-state index contributed by atoms with van der Waals surface area (Å²) in [6.07, 6.45) is 2.04. The molecular formula is C21H19FO4. The fourth-order valence-electron chi connectivity index (χ4n) is 2.62. The molecule has 0 aliphatic carbocycles. The van der Waals surface area contributed by atoms with E-state index in [-0.39, 0.29) is 11.6 Å². The van der Waals surface area contributed by atoms with Crippen LogP contribution in [0.4, 0.5) is 4.39 Å². The third-order valence-electron chi connectivity index (χ3n) is 4.00. The third-order valence-corrected chi connectivity index (χ3v) is 4.00. The Balaban J connectivity index is 1.50. The van der Waals surface area contributed by atoms with Crippen LogP contribution >= 0.6 is 0 Å². The normalized spacial score (nSPS) is 10.7. The third kappa shape index (κ3) is 4.96. The number of hydrogen-bond donors (Lipinski definition) is 1. The van der Waals surface area contributed by atoms with Gasteiger partial charge in [-0.3, -0.25) is 0 Å². The van der Waals surface area contributed by atoms with Gasteiger partial charge in [0.25, 0.3) is 0 Å². The summed E-state index contributed by atoms with van der Waals surface area (Å²) in [5.41, 5.74) is 2.10. The maximum atomic E-state index is 12.9. The quantitative estimate of drug-likeness (QED) is 0.646. The second-order valence-corrected chi connectivity index (χ2v) is 5.94. The summed E-state index contributed by atoms with van der Waals surface area (Å²) in [4.78, 5) is 10.8. The summed E-state index contributed by atoms with van der Waals surface area (Å²) in [6, 6.07) is 17.3. The average molecular weight is 354 g/mol. The monoisotopic (exact) mass is 354 g/mol. The van der Waals surface area contributed by atoms with Gasteiger partial charge < -0.3 is 14.3 Å². The molecule has 1 heterocycles. The number of hydrogen-bond acceptors (Lipinski definition) is 3. The molecule has 0 radical (unpaired) electrons. The molecule has 0 saturated heterocycles. The van der Waals surface area contributed by atoms with Crippen molar-refractivity contribution in [2.24, 2.45) is 0 Å². The van der Waals surface area contributed by atoms with Crippen molar-refractivity contribution >= 4 is 5.97 Å². The van der Waals surface area contributed by atoms with E-state index in [9.17, 15) is 9.18 Å². The average Bonchev–Trinajstić information content (AvgIpc) is 3.12. The highest BCUT2D eigenvalue weighted by Gasteiger charge is 2.09. The van der Waals surface area contributed by atoms with E-state index in [4.69, 9.17) is 14.3 Å². The van der Waals surface area contributed by atoms with E-state index >= 15 is 0 Å². The van der Waals surface area contributed by atoms with Crippen LogP contribution in [-0.2, 0) is 19.3 Å². The summed E-state index contributed by atoms with van der Waals surface area (Å²) >= 11 is 0. The van der Waals surface area contributed by atoms with E-state index in [0.29, 0.717) is 25.2 Å². The molecule has 0 spiro atoms. The number of halogens is 1. The van der Waals surface area contributed by atoms with E-state index in [1.165, 1.54) is 18.2 Å². The van der Waals surface area contributed by atoms with Crippen LogP contribution in [0.5, 0.6) is 5.75 Å². The van der Waals surface area contributed by atoms with Gasteiger partial charge in [0.15, 0.2) is 0 Å². The largest absolute Gasteiger partial charge is 0.493 e. The van der Waals surface area contributed by atoms with Gasteiger partial charge >= 0.3 is 5.97 Å². The zero-order chi connectivity index (χ0) is 18.4. The van der Waals surface area contributed by atoms with E-state index < -0.39 is 5.97 Å². The first kappa shape index (κ1) is 17.7. The molecule has 0 unspecified atom stereocenters. The molecule has 0 saturated carbocycles. The number of rotatable bonds is 8. The van der Waals surface area contributed by atoms with Crippen LogP contribution in [-0.4, -0.2) is 17.7 Å². The van der Waals surface area contributed by atoms with Crippen LogP contribution < -0.4 is 4.74 Å². The van der Waals surface area contributed by atoms with Crippen molar-refractivity contribution in [1.29, 1.82) is 0 Å². The second kappa shape index (κ2) is 8.34. The molecule has 3 rings (SSSR count). The van der Waals surface area contributed by atoms with Crippen LogP contribution in [0, 0.1) is 5.82 Å². The molecule has 1 aromatic heterocycles. The van der Waals surface area contributed by atoms with E-state index in [2.05, 4.69) is 0 Å². The maximum Gasteiger partial charge on any atom is 0.371 e. The standard InChI is InChI=1S/C21H19FO4/c22-17-7-4-15(5-8-17)12-13-25-19-3-1-2-16(14-19)6-9-18-10-11-20(26-18)21(23)24/h1-5,7-8,10-11,14H,6,9,12-13H2,(H,23,24). The Kier molecular flexibility index (Phi) is 5.69. The number of carbonyl (C=O) groups is 1. The van der Waals surface area contributed by atoms with E-state index in [1.807, 2.05) is 24.3 Å². The first-order chi connectivity index (χ1) is 12.6. The maximum absolute atomic E-state index is 12.9. The molecule has 0 aliphatic rings. The van der Waals surface area contributed by atoms with E-state index in [1.54, 1.807) is 18.2 Å². The van der Waals surface area contributed by atoms with Gasteiger partial charge in [-0.1, -0.05) is 24.3 Å². The Morgan fingerprint density at radius 2 is 1.77 bits per heavy atom. The molecule has 0 atom stereocenters. The number of aromatic carboxylic acids is 1. The van der Waals surface area contributed by atoms with Gasteiger partial charge in [-0.25, -0.2) is 9.18 Å². The molecular weight excluding hydrogens is 335 g/mol. The minimum Gasteiger partial charge on any atom is -0.493 e. The number of benzene rings is 2. The predicted octanol–water partition coefficient (Wildman–Crippen LogP) is 4.52. The van der Waals surface area contributed by atoms with Crippen molar-refractivity contribution in [2.75, 3.05) is 6.61 Å². The lowest BCUT2D eigenvalue weighted by Gasteiger charge is -2.08. The van der Waals surface area contributed by atoms with Crippen molar-refractivity contribution in [1.82, 2.24) is 0 Å². The summed E-state index contributed by atoms with van der Waals surface area (Å²) in [5.74, 6) is 0.0698. The fraction of sp³-hybridized carbons (Fsp3) is 0.190. The number of ether oxygens (including phenoxy) is 1. The van der Waals surface area contributed by atoms with Gasteiger partial charge in [0.05, 0.1) is 6.61 Å². The second-order valence-electron chi connectivity index (χ2n) is 5.94. The summed E-state index contributed by atoms with van der Waals surface area (Å²) in [6.45, 7) is 0.509. The van der Waals surface area contributed by atoms with Crippen molar-refractivity contribution in [2.45, 2.75) is 19.3 Å². The lowest BCUT2D eigenvalue weighted by molar-refractivity contribution is 0.0660. The van der Waals surface area contributed by atoms with Gasteiger partial charge in [0.2, 0.25) is 5.76 Å². The molecule has 3 aromatic rings. The van der Waals surface area contributed by atoms with Crippen molar-refractivity contribution in [3.63, 3.8) is 0 Å². The first-order valence-corrected chi connectivity index (χ1v) is 8.38. The van der Waals surface area contributed by atoms with Crippen molar-refractivity contribution in [3.05, 3.63) is 89.1 Å². The SMILES string of the molecule is O=C(O)c1ccc(CCc2cccc(OCCc3ccc(F)cc3)c2)o1. The molecule has 0 bridgehead atoms. The molecule has 2 aromatic carbocycles. The van der Waals surface area contributed by atoms with Crippen LogP contribution in [0.2, 0.25) is 0 Å². The summed E-state index contributed by atoms with van der Waals surface area (Å²) in [5, 5.41) is 8.87. The van der Waals surface area contributed by atoms with Crippen LogP contribution in [0.1, 0.15) is 27.4 Å². The van der Waals surface area contributed by atoms with Crippen LogP contribution in [0.25, 0.3) is 0 Å². The number of carboxylic acids is 1. The van der Waals surface area contributed by atoms with Gasteiger partial charge in [-0.2, -0.15) is 0 Å². The van der Waals surface area contributed by atoms with E-state index in [0.717, 1.165) is 23.3 Å². The smallest absolute Gasteiger partial charge is 0.371 e. The zero-order valence-electron chi connectivity index (χ0n) is 14.2. The number of carboxylic acid groups (broad SMARTS) is 1. The molecule has 1 N–H and O–H groups in total. The molecule has 134 valence electrons. The topological polar surface area (TPSA) is 59.7 Å². The van der Waals surface area contributed by atoms with Gasteiger partial charge in [-0.05, 0) is 53.9 Å². The zero-order valence-corrected chi connectivity index (χ0v) is 14.2. The highest BCUT2D eigenvalue weighted by molar-refractivity contribution is 5.84. The Bertz CT molecular complexity index is 868. The minimum absolute atomic E-state index is 0.0436. The van der Waals surface area contributed by atoms with Crippen molar-refractivity contribution in [3.8, 4) is 5.75 Å². The highest BCUT2D eigenvalue weighted by atomic mass is 19.1. The Hall–Kier alpha value is -3.08. The Morgan fingerprint density at radius 3 is 2.50 bits per heavy atom. The minimum atomic E-state index is -1.06. The lowest BCUT2D eigenvalue weighted by atomic mass is 10.1. The fourth-order valence-corrected chi connectivity index (χ4v) is 2.62. The molecule has 0 fully saturated rings. The molecule has 4 nitrogen and oxygen atoms in total. The van der Waals surface area contributed by atoms with Crippen molar-refractivity contribution < 1.29 is 23.4 Å². The highest BCUT2D eigenvalue weighted by Crippen LogP contribution is 2.17. The Morgan fingerprint density at radius 1 is 0.962 bits per heavy atom. The van der Waals surface area contributed by atoms with Crippen LogP contribution in [0.15, 0.2) is 65.1 Å². The number of aryl methyl sites for hydroxylation is 2.